The molecule has 0 saturated heterocycles. The van der Waals surface area contributed by atoms with Crippen molar-refractivity contribution in [2.24, 2.45) is 0 Å². The molecule has 2 aromatic carbocycles. The topological polar surface area (TPSA) is 40.5 Å². The Kier molecular flexibility index (Phi) is 4.37. The summed E-state index contributed by atoms with van der Waals surface area (Å²) in [5.74, 6) is 0.169. The maximum absolute atomic E-state index is 9.71. The molecule has 0 saturated carbocycles. The highest BCUT2D eigenvalue weighted by Gasteiger charge is 2.36. The Morgan fingerprint density at radius 3 is 2.21 bits per heavy atom. The average molecular weight is 361 g/mol. The number of halogens is 2. The van der Waals surface area contributed by atoms with Crippen LogP contribution in [0.3, 0.4) is 0 Å². The molecule has 0 bridgehead atoms. The molecule has 24 heavy (non-hydrogen) atoms. The second-order valence-electron chi connectivity index (χ2n) is 6.38. The van der Waals surface area contributed by atoms with Gasteiger partial charge in [-0.2, -0.15) is 0 Å². The van der Waals surface area contributed by atoms with E-state index in [9.17, 15) is 10.2 Å². The third kappa shape index (κ3) is 2.92. The SMILES string of the molecule is CC1=CC(c2ccc(O)c(Cl)c2)C(C)(c2ccc(O)c(Cl)c2)C=C1. The maximum Gasteiger partial charge on any atom is 0.134 e. The van der Waals surface area contributed by atoms with E-state index in [0.29, 0.717) is 10.0 Å². The predicted molar refractivity (Wildman–Crippen MR) is 99.2 cm³/mol. The van der Waals surface area contributed by atoms with Gasteiger partial charge >= 0.3 is 0 Å². The van der Waals surface area contributed by atoms with E-state index >= 15 is 0 Å². The lowest BCUT2D eigenvalue weighted by atomic mass is 9.66. The first-order chi connectivity index (χ1) is 11.3. The van der Waals surface area contributed by atoms with E-state index < -0.39 is 0 Å². The fourth-order valence-electron chi connectivity index (χ4n) is 3.18. The lowest BCUT2D eigenvalue weighted by Crippen LogP contribution is -2.29. The average Bonchev–Trinajstić information content (AvgIpc) is 2.55. The van der Waals surface area contributed by atoms with Crippen LogP contribution in [0.15, 0.2) is 60.2 Å². The van der Waals surface area contributed by atoms with Crippen LogP contribution in [0.4, 0.5) is 0 Å². The van der Waals surface area contributed by atoms with E-state index in [4.69, 9.17) is 23.2 Å². The molecule has 124 valence electrons. The maximum atomic E-state index is 9.71. The molecule has 0 amide bonds. The first-order valence-corrected chi connectivity index (χ1v) is 8.42. The highest BCUT2D eigenvalue weighted by molar-refractivity contribution is 6.32. The first-order valence-electron chi connectivity index (χ1n) is 7.66. The molecule has 4 heteroatoms. The van der Waals surface area contributed by atoms with Crippen molar-refractivity contribution in [3.8, 4) is 11.5 Å². The Bertz CT molecular complexity index is 855. The zero-order valence-corrected chi connectivity index (χ0v) is 14.9. The monoisotopic (exact) mass is 360 g/mol. The van der Waals surface area contributed by atoms with E-state index in [0.717, 1.165) is 16.7 Å². The molecule has 0 aliphatic heterocycles. The molecular formula is C20H18Cl2O2. The summed E-state index contributed by atoms with van der Waals surface area (Å²) in [4.78, 5) is 0. The van der Waals surface area contributed by atoms with Gasteiger partial charge in [-0.25, -0.2) is 0 Å². The lowest BCUT2D eigenvalue weighted by Gasteiger charge is -2.37. The quantitative estimate of drug-likeness (QED) is 0.693. The van der Waals surface area contributed by atoms with Crippen LogP contribution in [-0.4, -0.2) is 10.2 Å². The number of phenols is 2. The van der Waals surface area contributed by atoms with Crippen LogP contribution >= 0.6 is 23.2 Å². The van der Waals surface area contributed by atoms with Crippen molar-refractivity contribution in [1.82, 2.24) is 0 Å². The van der Waals surface area contributed by atoms with Gasteiger partial charge in [-0.15, -0.1) is 0 Å². The van der Waals surface area contributed by atoms with Crippen molar-refractivity contribution in [3.05, 3.63) is 81.4 Å². The molecule has 2 N–H and O–H groups in total. The Morgan fingerprint density at radius 1 is 0.958 bits per heavy atom. The molecular weight excluding hydrogens is 343 g/mol. The molecule has 0 spiro atoms. The highest BCUT2D eigenvalue weighted by Crippen LogP contribution is 2.46. The molecule has 1 aliphatic rings. The van der Waals surface area contributed by atoms with Crippen molar-refractivity contribution < 1.29 is 10.2 Å². The van der Waals surface area contributed by atoms with Crippen LogP contribution < -0.4 is 0 Å². The van der Waals surface area contributed by atoms with Crippen molar-refractivity contribution in [3.63, 3.8) is 0 Å². The van der Waals surface area contributed by atoms with Crippen molar-refractivity contribution in [2.75, 3.05) is 0 Å². The molecule has 2 aromatic rings. The highest BCUT2D eigenvalue weighted by atomic mass is 35.5. The van der Waals surface area contributed by atoms with Crippen LogP contribution in [0.2, 0.25) is 10.0 Å². The summed E-state index contributed by atoms with van der Waals surface area (Å²) in [6.07, 6.45) is 6.42. The van der Waals surface area contributed by atoms with E-state index in [1.54, 1.807) is 24.3 Å². The van der Waals surface area contributed by atoms with E-state index in [1.807, 2.05) is 12.1 Å². The Labute approximate surface area is 151 Å². The van der Waals surface area contributed by atoms with Crippen molar-refractivity contribution in [1.29, 1.82) is 0 Å². The van der Waals surface area contributed by atoms with Gasteiger partial charge in [-0.3, -0.25) is 0 Å². The van der Waals surface area contributed by atoms with Crippen LogP contribution in [0.1, 0.15) is 30.9 Å². The van der Waals surface area contributed by atoms with Gasteiger partial charge in [0.1, 0.15) is 11.5 Å². The summed E-state index contributed by atoms with van der Waals surface area (Å²) in [6, 6.07) is 10.6. The third-order valence-corrected chi connectivity index (χ3v) is 5.27. The van der Waals surface area contributed by atoms with Crippen molar-refractivity contribution >= 4 is 23.2 Å². The summed E-state index contributed by atoms with van der Waals surface area (Å²) in [5, 5.41) is 20.1. The van der Waals surface area contributed by atoms with Gasteiger partial charge in [0.15, 0.2) is 0 Å². The second-order valence-corrected chi connectivity index (χ2v) is 7.20. The molecule has 2 nitrogen and oxygen atoms in total. The largest absolute Gasteiger partial charge is 0.506 e. The van der Waals surface area contributed by atoms with E-state index in [1.165, 1.54) is 0 Å². The van der Waals surface area contributed by atoms with Gasteiger partial charge in [0.25, 0.3) is 0 Å². The van der Waals surface area contributed by atoms with Crippen LogP contribution in [-0.2, 0) is 5.41 Å². The van der Waals surface area contributed by atoms with Crippen LogP contribution in [0.5, 0.6) is 11.5 Å². The normalized spacial score (nSPS) is 23.2. The van der Waals surface area contributed by atoms with Gasteiger partial charge in [-0.05, 0) is 42.3 Å². The zero-order valence-electron chi connectivity index (χ0n) is 13.4. The number of allylic oxidation sites excluding steroid dienone is 4. The summed E-state index contributed by atoms with van der Waals surface area (Å²) >= 11 is 12.2. The molecule has 3 rings (SSSR count). The summed E-state index contributed by atoms with van der Waals surface area (Å²) < 4.78 is 0. The van der Waals surface area contributed by atoms with Gasteiger partial charge in [0, 0.05) is 11.3 Å². The Morgan fingerprint density at radius 2 is 1.58 bits per heavy atom. The number of rotatable bonds is 2. The zero-order chi connectivity index (χ0) is 17.5. The fraction of sp³-hybridized carbons (Fsp3) is 0.200. The predicted octanol–water partition coefficient (Wildman–Crippen LogP) is 5.96. The third-order valence-electron chi connectivity index (χ3n) is 4.67. The standard InChI is InChI=1S/C20H18Cl2O2/c1-12-7-8-20(2,14-4-6-19(24)17(22)11-14)15(9-12)13-3-5-18(23)16(21)10-13/h3-11,15,23-24H,1-2H3. The molecule has 2 atom stereocenters. The van der Waals surface area contributed by atoms with Crippen molar-refractivity contribution in [2.45, 2.75) is 25.2 Å². The molecule has 0 aromatic heterocycles. The Hall–Kier alpha value is -1.90. The molecule has 0 heterocycles. The number of hydrogen-bond donors (Lipinski definition) is 2. The second kappa shape index (κ2) is 6.19. The molecule has 0 radical (unpaired) electrons. The Balaban J connectivity index is 2.14. The van der Waals surface area contributed by atoms with Gasteiger partial charge in [-0.1, -0.05) is 66.1 Å². The van der Waals surface area contributed by atoms with Gasteiger partial charge in [0.05, 0.1) is 10.0 Å². The minimum absolute atomic E-state index is 0.0289. The summed E-state index contributed by atoms with van der Waals surface area (Å²) in [7, 11) is 0. The number of benzene rings is 2. The summed E-state index contributed by atoms with van der Waals surface area (Å²) in [5.41, 5.74) is 2.82. The minimum atomic E-state index is -0.350. The summed E-state index contributed by atoms with van der Waals surface area (Å²) in [6.45, 7) is 4.18. The van der Waals surface area contributed by atoms with E-state index in [2.05, 4.69) is 32.1 Å². The van der Waals surface area contributed by atoms with Gasteiger partial charge in [0.2, 0.25) is 0 Å². The lowest BCUT2D eigenvalue weighted by molar-refractivity contribution is 0.471. The van der Waals surface area contributed by atoms with Crippen LogP contribution in [0, 0.1) is 0 Å². The van der Waals surface area contributed by atoms with Gasteiger partial charge < -0.3 is 10.2 Å². The molecule has 0 fully saturated rings. The number of aromatic hydroxyl groups is 2. The molecule has 1 aliphatic carbocycles. The first kappa shape index (κ1) is 16.9. The number of phenolic OH excluding ortho intramolecular Hbond substituents is 2. The minimum Gasteiger partial charge on any atom is -0.506 e. The van der Waals surface area contributed by atoms with Crippen LogP contribution in [0.25, 0.3) is 0 Å². The van der Waals surface area contributed by atoms with E-state index in [-0.39, 0.29) is 22.8 Å². The molecule has 2 unspecified atom stereocenters. The number of hydrogen-bond acceptors (Lipinski definition) is 2. The fourth-order valence-corrected chi connectivity index (χ4v) is 3.55. The smallest absolute Gasteiger partial charge is 0.134 e.